The zero-order valence-corrected chi connectivity index (χ0v) is 14.2. The minimum absolute atomic E-state index is 0.00696. The molecule has 1 saturated heterocycles. The van der Waals surface area contributed by atoms with Gasteiger partial charge in [0, 0.05) is 0 Å². The van der Waals surface area contributed by atoms with Gasteiger partial charge < -0.3 is 14.8 Å². The number of hydrogen-bond acceptors (Lipinski definition) is 5. The molecule has 3 amide bonds. The van der Waals surface area contributed by atoms with Crippen molar-refractivity contribution < 1.29 is 28.2 Å². The van der Waals surface area contributed by atoms with E-state index in [-0.39, 0.29) is 26.4 Å². The summed E-state index contributed by atoms with van der Waals surface area (Å²) in [6, 6.07) is 4.92. The molecule has 1 aromatic carbocycles. The van der Waals surface area contributed by atoms with E-state index >= 15 is 0 Å². The second-order valence-electron chi connectivity index (χ2n) is 5.51. The van der Waals surface area contributed by atoms with Crippen LogP contribution >= 0.6 is 0 Å². The van der Waals surface area contributed by atoms with Crippen LogP contribution in [0.3, 0.4) is 0 Å². The molecule has 1 fully saturated rings. The maximum atomic E-state index is 13.1. The van der Waals surface area contributed by atoms with Gasteiger partial charge in [0.25, 0.3) is 5.91 Å². The quantitative estimate of drug-likeness (QED) is 0.436. The molecule has 8 heteroatoms. The van der Waals surface area contributed by atoms with Gasteiger partial charge >= 0.3 is 12.0 Å². The van der Waals surface area contributed by atoms with Crippen molar-refractivity contribution in [3.63, 3.8) is 0 Å². The molecule has 0 spiro atoms. The van der Waals surface area contributed by atoms with Crippen molar-refractivity contribution in [1.82, 2.24) is 10.2 Å². The van der Waals surface area contributed by atoms with E-state index < -0.39 is 29.3 Å². The van der Waals surface area contributed by atoms with Crippen molar-refractivity contribution in [3.05, 3.63) is 35.6 Å². The molecule has 0 aliphatic carbocycles. The van der Waals surface area contributed by atoms with Gasteiger partial charge in [-0.1, -0.05) is 19.1 Å². The van der Waals surface area contributed by atoms with Gasteiger partial charge in [0.05, 0.1) is 19.8 Å². The summed E-state index contributed by atoms with van der Waals surface area (Å²) in [5, 5.41) is 2.69. The molecule has 1 aromatic rings. The number of imide groups is 1. The normalized spacial score (nSPS) is 19.9. The number of urea groups is 1. The average molecular weight is 352 g/mol. The van der Waals surface area contributed by atoms with E-state index in [0.29, 0.717) is 12.0 Å². The van der Waals surface area contributed by atoms with Crippen LogP contribution in [0.2, 0.25) is 0 Å². The van der Waals surface area contributed by atoms with E-state index in [1.54, 1.807) is 13.8 Å². The number of nitrogens with one attached hydrogen (secondary N) is 1. The molecule has 0 aromatic heterocycles. The number of halogens is 1. The van der Waals surface area contributed by atoms with Crippen molar-refractivity contribution in [1.29, 1.82) is 0 Å². The Balaban J connectivity index is 2.02. The zero-order chi connectivity index (χ0) is 18.4. The molecule has 7 nitrogen and oxygen atoms in total. The lowest BCUT2D eigenvalue weighted by atomic mass is 9.87. The molecule has 1 N–H and O–H groups in total. The number of benzene rings is 1. The molecule has 2 rings (SSSR count). The molecule has 136 valence electrons. The topological polar surface area (TPSA) is 84.9 Å². The summed E-state index contributed by atoms with van der Waals surface area (Å²) in [6.45, 7) is 3.49. The Morgan fingerprint density at radius 2 is 1.92 bits per heavy atom. The van der Waals surface area contributed by atoms with Gasteiger partial charge in [-0.15, -0.1) is 0 Å². The summed E-state index contributed by atoms with van der Waals surface area (Å²) in [5.74, 6) is -1.35. The van der Waals surface area contributed by atoms with Crippen molar-refractivity contribution >= 4 is 17.9 Å². The molecule has 0 saturated carbocycles. The number of ether oxygens (including phenoxy) is 2. The van der Waals surface area contributed by atoms with Crippen molar-refractivity contribution in [3.8, 4) is 0 Å². The number of amides is 3. The zero-order valence-electron chi connectivity index (χ0n) is 14.2. The maximum Gasteiger partial charge on any atom is 0.332 e. The Hall–Kier alpha value is -2.48. The Bertz CT molecular complexity index is 649. The summed E-state index contributed by atoms with van der Waals surface area (Å²) in [6.07, 6.45) is 0.323. The van der Waals surface area contributed by atoms with E-state index in [9.17, 15) is 18.8 Å². The minimum atomic E-state index is -1.22. The lowest BCUT2D eigenvalue weighted by Gasteiger charge is -2.25. The van der Waals surface area contributed by atoms with Crippen LogP contribution in [-0.2, 0) is 24.6 Å². The average Bonchev–Trinajstić information content (AvgIpc) is 2.84. The fraction of sp³-hybridized carbons (Fsp3) is 0.471. The van der Waals surface area contributed by atoms with Crippen LogP contribution in [0.4, 0.5) is 9.18 Å². The molecular weight excluding hydrogens is 331 g/mol. The Morgan fingerprint density at radius 3 is 2.52 bits per heavy atom. The molecule has 1 heterocycles. The van der Waals surface area contributed by atoms with E-state index in [1.807, 2.05) is 0 Å². The van der Waals surface area contributed by atoms with E-state index in [4.69, 9.17) is 9.47 Å². The first kappa shape index (κ1) is 18.9. The molecule has 1 aliphatic rings. The first-order chi connectivity index (χ1) is 11.9. The first-order valence-electron chi connectivity index (χ1n) is 8.08. The minimum Gasteiger partial charge on any atom is -0.464 e. The molecule has 0 bridgehead atoms. The Labute approximate surface area is 145 Å². The van der Waals surface area contributed by atoms with Gasteiger partial charge in [0.1, 0.15) is 18.0 Å². The predicted octanol–water partition coefficient (Wildman–Crippen LogP) is 1.56. The van der Waals surface area contributed by atoms with Crippen LogP contribution in [0.25, 0.3) is 0 Å². The number of carbonyl (C=O) groups excluding carboxylic acids is 3. The first-order valence-corrected chi connectivity index (χ1v) is 8.08. The van der Waals surface area contributed by atoms with Crippen LogP contribution in [0.5, 0.6) is 0 Å². The highest BCUT2D eigenvalue weighted by molar-refractivity contribution is 6.07. The van der Waals surface area contributed by atoms with Gasteiger partial charge in [-0.2, -0.15) is 0 Å². The highest BCUT2D eigenvalue weighted by atomic mass is 19.1. The SMILES string of the molecule is CCOC(=O)COCCN1C(=O)NC(CC)(c2ccc(F)cc2)C1=O. The second kappa shape index (κ2) is 8.06. The summed E-state index contributed by atoms with van der Waals surface area (Å²) < 4.78 is 23.0. The number of nitrogens with zero attached hydrogens (tertiary/aromatic N) is 1. The van der Waals surface area contributed by atoms with E-state index in [1.165, 1.54) is 24.3 Å². The summed E-state index contributed by atoms with van der Waals surface area (Å²) in [5.41, 5.74) is -0.698. The largest absolute Gasteiger partial charge is 0.464 e. The number of esters is 1. The lowest BCUT2D eigenvalue weighted by molar-refractivity contribution is -0.148. The van der Waals surface area contributed by atoms with E-state index in [0.717, 1.165) is 4.90 Å². The summed E-state index contributed by atoms with van der Waals surface area (Å²) in [4.78, 5) is 37.2. The summed E-state index contributed by atoms with van der Waals surface area (Å²) in [7, 11) is 0. The van der Waals surface area contributed by atoms with Crippen LogP contribution in [0, 0.1) is 5.82 Å². The van der Waals surface area contributed by atoms with Crippen LogP contribution in [-0.4, -0.2) is 49.2 Å². The number of rotatable bonds is 8. The molecule has 1 aliphatic heterocycles. The summed E-state index contributed by atoms with van der Waals surface area (Å²) >= 11 is 0. The van der Waals surface area contributed by atoms with E-state index in [2.05, 4.69) is 5.32 Å². The van der Waals surface area contributed by atoms with Crippen LogP contribution in [0.1, 0.15) is 25.8 Å². The monoisotopic (exact) mass is 352 g/mol. The van der Waals surface area contributed by atoms with Crippen LogP contribution < -0.4 is 5.32 Å². The van der Waals surface area contributed by atoms with Gasteiger partial charge in [-0.3, -0.25) is 9.69 Å². The lowest BCUT2D eigenvalue weighted by Crippen LogP contribution is -2.43. The van der Waals surface area contributed by atoms with Crippen molar-refractivity contribution in [2.24, 2.45) is 0 Å². The molecule has 1 atom stereocenters. The molecule has 25 heavy (non-hydrogen) atoms. The fourth-order valence-corrected chi connectivity index (χ4v) is 2.72. The highest BCUT2D eigenvalue weighted by Gasteiger charge is 2.50. The third-order valence-corrected chi connectivity index (χ3v) is 4.03. The third-order valence-electron chi connectivity index (χ3n) is 4.03. The second-order valence-corrected chi connectivity index (χ2v) is 5.51. The standard InChI is InChI=1S/C17H21FN2O5/c1-3-17(12-5-7-13(18)8-6-12)15(22)20(16(23)19-17)9-10-24-11-14(21)25-4-2/h5-8H,3-4,9-11H2,1-2H3,(H,19,23). The van der Waals surface area contributed by atoms with Gasteiger partial charge in [0.2, 0.25) is 0 Å². The number of carbonyl (C=O) groups is 3. The smallest absolute Gasteiger partial charge is 0.332 e. The van der Waals surface area contributed by atoms with Crippen LogP contribution in [0.15, 0.2) is 24.3 Å². The third kappa shape index (κ3) is 3.96. The Kier molecular flexibility index (Phi) is 6.08. The molecule has 0 radical (unpaired) electrons. The van der Waals surface area contributed by atoms with Gasteiger partial charge in [0.15, 0.2) is 0 Å². The number of hydrogen-bond donors (Lipinski definition) is 1. The van der Waals surface area contributed by atoms with Crippen molar-refractivity contribution in [2.45, 2.75) is 25.8 Å². The van der Waals surface area contributed by atoms with Crippen molar-refractivity contribution in [2.75, 3.05) is 26.4 Å². The maximum absolute atomic E-state index is 13.1. The Morgan fingerprint density at radius 1 is 1.24 bits per heavy atom. The highest BCUT2D eigenvalue weighted by Crippen LogP contribution is 2.32. The van der Waals surface area contributed by atoms with Gasteiger partial charge in [-0.25, -0.2) is 14.0 Å². The molecule has 1 unspecified atom stereocenters. The fourth-order valence-electron chi connectivity index (χ4n) is 2.72. The molecular formula is C17H21FN2O5. The van der Waals surface area contributed by atoms with Gasteiger partial charge in [-0.05, 0) is 31.0 Å². The predicted molar refractivity (Wildman–Crippen MR) is 86.1 cm³/mol.